The normalized spacial score (nSPS) is 20.0. The molecule has 28 heavy (non-hydrogen) atoms. The molecule has 1 aromatic carbocycles. The van der Waals surface area contributed by atoms with Crippen LogP contribution in [0.4, 0.5) is 0 Å². The van der Waals surface area contributed by atoms with Crippen LogP contribution < -0.4 is 10.6 Å². The van der Waals surface area contributed by atoms with Gasteiger partial charge in [0.25, 0.3) is 0 Å². The van der Waals surface area contributed by atoms with Crippen molar-refractivity contribution in [3.8, 4) is 0 Å². The Morgan fingerprint density at radius 3 is 2.79 bits per heavy atom. The maximum absolute atomic E-state index is 4.52. The highest BCUT2D eigenvalue weighted by Crippen LogP contribution is 2.20. The molecule has 1 fully saturated rings. The highest BCUT2D eigenvalue weighted by atomic mass is 127. The molecule has 2 heterocycles. The number of aliphatic imine (C=N–C) groups is 1. The first-order valence-electron chi connectivity index (χ1n) is 9.80. The molecule has 0 radical (unpaired) electrons. The van der Waals surface area contributed by atoms with E-state index in [1.165, 1.54) is 10.6 Å². The first-order valence-corrected chi connectivity index (χ1v) is 10.7. The summed E-state index contributed by atoms with van der Waals surface area (Å²) >= 11 is 1.75. The van der Waals surface area contributed by atoms with E-state index >= 15 is 0 Å². The van der Waals surface area contributed by atoms with Gasteiger partial charge in [-0.15, -0.1) is 35.3 Å². The van der Waals surface area contributed by atoms with Crippen LogP contribution in [0.5, 0.6) is 0 Å². The van der Waals surface area contributed by atoms with Crippen LogP contribution in [0.3, 0.4) is 0 Å². The molecule has 1 aliphatic heterocycles. The van der Waals surface area contributed by atoms with Crippen molar-refractivity contribution in [1.82, 2.24) is 20.5 Å². The van der Waals surface area contributed by atoms with E-state index in [0.29, 0.717) is 12.1 Å². The average molecular weight is 513 g/mol. The lowest BCUT2D eigenvalue weighted by molar-refractivity contribution is 0.258. The fourth-order valence-corrected chi connectivity index (χ4v) is 4.41. The third kappa shape index (κ3) is 7.00. The molecule has 0 spiro atoms. The van der Waals surface area contributed by atoms with E-state index in [2.05, 4.69) is 68.1 Å². The second-order valence-electron chi connectivity index (χ2n) is 7.33. The van der Waals surface area contributed by atoms with Crippen LogP contribution in [0.25, 0.3) is 0 Å². The summed E-state index contributed by atoms with van der Waals surface area (Å²) in [6, 6.07) is 11.7. The maximum Gasteiger partial charge on any atom is 0.191 e. The van der Waals surface area contributed by atoms with Gasteiger partial charge >= 0.3 is 0 Å². The number of rotatable bonds is 7. The van der Waals surface area contributed by atoms with E-state index < -0.39 is 0 Å². The van der Waals surface area contributed by atoms with Gasteiger partial charge in [-0.05, 0) is 32.3 Å². The van der Waals surface area contributed by atoms with Crippen molar-refractivity contribution >= 4 is 41.3 Å². The summed E-state index contributed by atoms with van der Waals surface area (Å²) in [6.07, 6.45) is 3.23. The smallest absolute Gasteiger partial charge is 0.191 e. The molecule has 0 amide bonds. The van der Waals surface area contributed by atoms with Crippen molar-refractivity contribution in [2.75, 3.05) is 20.1 Å². The molecule has 1 aliphatic rings. The third-order valence-corrected chi connectivity index (χ3v) is 6.05. The molecule has 2 N–H and O–H groups in total. The van der Waals surface area contributed by atoms with Crippen LogP contribution >= 0.6 is 35.3 Å². The fourth-order valence-electron chi connectivity index (χ4n) is 3.59. The molecule has 0 bridgehead atoms. The first kappa shape index (κ1) is 23.1. The zero-order valence-corrected chi connectivity index (χ0v) is 20.2. The van der Waals surface area contributed by atoms with Crippen LogP contribution in [0.2, 0.25) is 0 Å². The topological polar surface area (TPSA) is 52.6 Å². The fraction of sp³-hybridized carbons (Fsp3) is 0.524. The molecular formula is C21H32IN5S. The molecule has 2 aromatic rings. The Hall–Kier alpha value is -1.19. The number of nitrogens with zero attached hydrogens (tertiary/aromatic N) is 3. The second kappa shape index (κ2) is 11.7. The highest BCUT2D eigenvalue weighted by molar-refractivity contribution is 14.0. The monoisotopic (exact) mass is 513 g/mol. The van der Waals surface area contributed by atoms with Crippen molar-refractivity contribution in [2.24, 2.45) is 4.99 Å². The second-order valence-corrected chi connectivity index (χ2v) is 8.27. The SMILES string of the molecule is CN=C(NCCCc1nc(C)cs1)NC1CC(C)N(Cc2ccccc2)C1.I. The summed E-state index contributed by atoms with van der Waals surface area (Å²) < 4.78 is 0. The Bertz CT molecular complexity index is 733. The minimum absolute atomic E-state index is 0. The number of hydrogen-bond acceptors (Lipinski definition) is 4. The van der Waals surface area contributed by atoms with Crippen LogP contribution in [-0.2, 0) is 13.0 Å². The lowest BCUT2D eigenvalue weighted by Gasteiger charge is -2.21. The number of hydrogen-bond donors (Lipinski definition) is 2. The first-order chi connectivity index (χ1) is 13.1. The van der Waals surface area contributed by atoms with Crippen molar-refractivity contribution < 1.29 is 0 Å². The number of aromatic nitrogens is 1. The van der Waals surface area contributed by atoms with Crippen LogP contribution in [0, 0.1) is 6.92 Å². The summed E-state index contributed by atoms with van der Waals surface area (Å²) in [4.78, 5) is 11.5. The van der Waals surface area contributed by atoms with Gasteiger partial charge in [0.05, 0.1) is 5.01 Å². The third-order valence-electron chi connectivity index (χ3n) is 5.02. The number of guanidine groups is 1. The van der Waals surface area contributed by atoms with E-state index in [1.54, 1.807) is 11.3 Å². The predicted octanol–water partition coefficient (Wildman–Crippen LogP) is 3.83. The van der Waals surface area contributed by atoms with Gasteiger partial charge in [-0.3, -0.25) is 9.89 Å². The Morgan fingerprint density at radius 2 is 2.11 bits per heavy atom. The Morgan fingerprint density at radius 1 is 1.32 bits per heavy atom. The summed E-state index contributed by atoms with van der Waals surface area (Å²) in [5.41, 5.74) is 2.50. The molecule has 0 saturated carbocycles. The van der Waals surface area contributed by atoms with Gasteiger partial charge in [0.15, 0.2) is 5.96 Å². The number of nitrogens with one attached hydrogen (secondary N) is 2. The van der Waals surface area contributed by atoms with E-state index in [0.717, 1.165) is 50.6 Å². The van der Waals surface area contributed by atoms with Crippen LogP contribution in [-0.4, -0.2) is 48.1 Å². The largest absolute Gasteiger partial charge is 0.356 e. The quantitative estimate of drug-likeness (QED) is 0.256. The van der Waals surface area contributed by atoms with Crippen molar-refractivity contribution in [3.05, 3.63) is 52.0 Å². The number of aryl methyl sites for hydroxylation is 2. The maximum atomic E-state index is 4.52. The van der Waals surface area contributed by atoms with Gasteiger partial charge in [-0.25, -0.2) is 4.98 Å². The molecule has 2 atom stereocenters. The molecule has 0 aliphatic carbocycles. The molecule has 5 nitrogen and oxygen atoms in total. The zero-order valence-electron chi connectivity index (χ0n) is 17.0. The van der Waals surface area contributed by atoms with Gasteiger partial charge in [0, 0.05) is 56.3 Å². The van der Waals surface area contributed by atoms with E-state index in [-0.39, 0.29) is 24.0 Å². The number of likely N-dealkylation sites (tertiary alicyclic amines) is 1. The van der Waals surface area contributed by atoms with Gasteiger partial charge in [0.1, 0.15) is 0 Å². The zero-order chi connectivity index (χ0) is 19.1. The molecular weight excluding hydrogens is 481 g/mol. The summed E-state index contributed by atoms with van der Waals surface area (Å²) in [7, 11) is 1.85. The molecule has 1 saturated heterocycles. The van der Waals surface area contributed by atoms with E-state index in [1.807, 2.05) is 14.0 Å². The van der Waals surface area contributed by atoms with Gasteiger partial charge < -0.3 is 10.6 Å². The number of halogens is 1. The van der Waals surface area contributed by atoms with Crippen molar-refractivity contribution in [1.29, 1.82) is 0 Å². The van der Waals surface area contributed by atoms with Gasteiger partial charge in [-0.1, -0.05) is 30.3 Å². The van der Waals surface area contributed by atoms with Gasteiger partial charge in [0.2, 0.25) is 0 Å². The molecule has 7 heteroatoms. The lowest BCUT2D eigenvalue weighted by Crippen LogP contribution is -2.44. The van der Waals surface area contributed by atoms with Crippen LogP contribution in [0.1, 0.15) is 36.0 Å². The lowest BCUT2D eigenvalue weighted by atomic mass is 10.2. The minimum atomic E-state index is 0. The molecule has 3 rings (SSSR count). The summed E-state index contributed by atoms with van der Waals surface area (Å²) in [5, 5.41) is 10.4. The highest BCUT2D eigenvalue weighted by Gasteiger charge is 2.29. The Kier molecular flexibility index (Phi) is 9.67. The van der Waals surface area contributed by atoms with E-state index in [9.17, 15) is 0 Å². The Balaban J connectivity index is 0.00000280. The number of thiazole rings is 1. The summed E-state index contributed by atoms with van der Waals surface area (Å²) in [5.74, 6) is 0.907. The molecule has 1 aromatic heterocycles. The van der Waals surface area contributed by atoms with Crippen molar-refractivity contribution in [2.45, 2.75) is 51.7 Å². The van der Waals surface area contributed by atoms with Gasteiger partial charge in [-0.2, -0.15) is 0 Å². The standard InChI is InChI=1S/C21H31N5S.HI/c1-16-15-27-20(24-16)10-7-11-23-21(22-3)25-19-12-17(2)26(14-19)13-18-8-5-4-6-9-18;/h4-6,8-9,15,17,19H,7,10-14H2,1-3H3,(H2,22,23,25);1H. The minimum Gasteiger partial charge on any atom is -0.356 e. The Labute approximate surface area is 190 Å². The van der Waals surface area contributed by atoms with Crippen molar-refractivity contribution in [3.63, 3.8) is 0 Å². The molecule has 154 valence electrons. The predicted molar refractivity (Wildman–Crippen MR) is 130 cm³/mol. The molecule has 2 unspecified atom stereocenters. The van der Waals surface area contributed by atoms with E-state index in [4.69, 9.17) is 0 Å². The average Bonchev–Trinajstić information content (AvgIpc) is 3.24. The number of benzene rings is 1. The summed E-state index contributed by atoms with van der Waals surface area (Å²) in [6.45, 7) is 7.34. The van der Waals surface area contributed by atoms with Crippen LogP contribution in [0.15, 0.2) is 40.7 Å².